The van der Waals surface area contributed by atoms with E-state index in [9.17, 15) is 9.59 Å². The third kappa shape index (κ3) is 2.88. The summed E-state index contributed by atoms with van der Waals surface area (Å²) in [4.78, 5) is 32.8. The van der Waals surface area contributed by atoms with Gasteiger partial charge in [0.05, 0.1) is 5.69 Å². The van der Waals surface area contributed by atoms with Crippen molar-refractivity contribution >= 4 is 17.2 Å². The minimum atomic E-state index is 0.0674. The SMILES string of the molecule is Cc1nc(-c2ccccc2)sc1C(=O)N1C[C@@H]2C[C@H](C1)c1cccc(=O)n1C2. The molecule has 1 aromatic carbocycles. The van der Waals surface area contributed by atoms with E-state index in [4.69, 9.17) is 0 Å². The van der Waals surface area contributed by atoms with E-state index in [1.807, 2.05) is 58.9 Å². The molecule has 1 amide bonds. The van der Waals surface area contributed by atoms with E-state index in [-0.39, 0.29) is 17.4 Å². The Labute approximate surface area is 167 Å². The summed E-state index contributed by atoms with van der Waals surface area (Å²) in [6, 6.07) is 15.5. The molecule has 5 rings (SSSR count). The number of hydrogen-bond acceptors (Lipinski definition) is 4. The number of carbonyl (C=O) groups is 1. The van der Waals surface area contributed by atoms with Crippen molar-refractivity contribution in [3.8, 4) is 10.6 Å². The number of nitrogens with zero attached hydrogens (tertiary/aromatic N) is 3. The number of fused-ring (bicyclic) bond motifs is 4. The smallest absolute Gasteiger partial charge is 0.265 e. The van der Waals surface area contributed by atoms with Crippen LogP contribution in [0.25, 0.3) is 10.6 Å². The molecule has 5 nitrogen and oxygen atoms in total. The highest BCUT2D eigenvalue weighted by atomic mass is 32.1. The van der Waals surface area contributed by atoms with Crippen LogP contribution in [-0.4, -0.2) is 33.4 Å². The van der Waals surface area contributed by atoms with Gasteiger partial charge in [0.25, 0.3) is 11.5 Å². The monoisotopic (exact) mass is 391 g/mol. The lowest BCUT2D eigenvalue weighted by molar-refractivity contribution is 0.0598. The average Bonchev–Trinajstić information content (AvgIpc) is 3.10. The minimum absolute atomic E-state index is 0.0674. The molecule has 142 valence electrons. The molecule has 3 aromatic rings. The van der Waals surface area contributed by atoms with Crippen molar-refractivity contribution in [2.45, 2.75) is 25.8 Å². The summed E-state index contributed by atoms with van der Waals surface area (Å²) >= 11 is 1.47. The maximum absolute atomic E-state index is 13.3. The van der Waals surface area contributed by atoms with Gasteiger partial charge in [-0.25, -0.2) is 4.98 Å². The molecule has 0 saturated carbocycles. The van der Waals surface area contributed by atoms with Crippen molar-refractivity contribution in [2.75, 3.05) is 13.1 Å². The van der Waals surface area contributed by atoms with Crippen LogP contribution in [0.3, 0.4) is 0 Å². The highest BCUT2D eigenvalue weighted by Crippen LogP contribution is 2.36. The summed E-state index contributed by atoms with van der Waals surface area (Å²) in [5, 5.41) is 0.885. The highest BCUT2D eigenvalue weighted by molar-refractivity contribution is 7.17. The van der Waals surface area contributed by atoms with Gasteiger partial charge < -0.3 is 9.47 Å². The second-order valence-corrected chi connectivity index (χ2v) is 8.71. The molecule has 2 aliphatic heterocycles. The number of rotatable bonds is 2. The summed E-state index contributed by atoms with van der Waals surface area (Å²) in [7, 11) is 0. The third-order valence-corrected chi connectivity index (χ3v) is 6.97. The first-order valence-electron chi connectivity index (χ1n) is 9.62. The molecule has 1 saturated heterocycles. The minimum Gasteiger partial charge on any atom is -0.337 e. The number of piperidine rings is 1. The molecule has 2 bridgehead atoms. The standard InChI is InChI=1S/C22H21N3O2S/c1-14-20(28-21(23-14)16-6-3-2-4-7-16)22(27)24-11-15-10-17(13-24)18-8-5-9-19(26)25(18)12-15/h2-9,15,17H,10-13H2,1H3/t15-,17+/m0/s1. The number of benzene rings is 1. The number of aryl methyl sites for hydroxylation is 1. The lowest BCUT2D eigenvalue weighted by atomic mass is 9.83. The Hall–Kier alpha value is -2.73. The van der Waals surface area contributed by atoms with Gasteiger partial charge in [-0.3, -0.25) is 9.59 Å². The fourth-order valence-corrected chi connectivity index (χ4v) is 5.54. The molecule has 0 unspecified atom stereocenters. The van der Waals surface area contributed by atoms with E-state index in [1.165, 1.54) is 11.3 Å². The van der Waals surface area contributed by atoms with Crippen LogP contribution in [0.2, 0.25) is 0 Å². The Balaban J connectivity index is 1.43. The Morgan fingerprint density at radius 2 is 1.89 bits per heavy atom. The van der Waals surface area contributed by atoms with Gasteiger partial charge in [0.2, 0.25) is 0 Å². The van der Waals surface area contributed by atoms with E-state index >= 15 is 0 Å². The molecular formula is C22H21N3O2S. The average molecular weight is 391 g/mol. The lowest BCUT2D eigenvalue weighted by Gasteiger charge is -2.42. The van der Waals surface area contributed by atoms with Gasteiger partial charge in [0, 0.05) is 42.9 Å². The summed E-state index contributed by atoms with van der Waals surface area (Å²) in [6.07, 6.45) is 1.05. The molecule has 0 spiro atoms. The fraction of sp³-hybridized carbons (Fsp3) is 0.318. The zero-order valence-electron chi connectivity index (χ0n) is 15.7. The maximum atomic E-state index is 13.3. The van der Waals surface area contributed by atoms with Crippen molar-refractivity contribution in [1.82, 2.24) is 14.5 Å². The molecular weight excluding hydrogens is 370 g/mol. The van der Waals surface area contributed by atoms with Crippen molar-refractivity contribution in [2.24, 2.45) is 5.92 Å². The van der Waals surface area contributed by atoms with E-state index in [0.29, 0.717) is 25.6 Å². The topological polar surface area (TPSA) is 55.2 Å². The molecule has 2 atom stereocenters. The number of amides is 1. The molecule has 0 radical (unpaired) electrons. The summed E-state index contributed by atoms with van der Waals surface area (Å²) in [5.41, 5.74) is 2.96. The Morgan fingerprint density at radius 3 is 2.71 bits per heavy atom. The molecule has 1 fully saturated rings. The number of thiazole rings is 1. The molecule has 6 heteroatoms. The summed E-state index contributed by atoms with van der Waals surface area (Å²) in [5.74, 6) is 0.628. The second-order valence-electron chi connectivity index (χ2n) is 7.71. The predicted molar refractivity (Wildman–Crippen MR) is 110 cm³/mol. The zero-order valence-corrected chi connectivity index (χ0v) is 16.5. The number of hydrogen-bond donors (Lipinski definition) is 0. The highest BCUT2D eigenvalue weighted by Gasteiger charge is 2.37. The summed E-state index contributed by atoms with van der Waals surface area (Å²) < 4.78 is 1.89. The molecule has 0 aliphatic carbocycles. The van der Waals surface area contributed by atoms with Gasteiger partial charge in [0.1, 0.15) is 9.88 Å². The normalized spacial score (nSPS) is 20.7. The van der Waals surface area contributed by atoms with Crippen LogP contribution in [0.5, 0.6) is 0 Å². The largest absolute Gasteiger partial charge is 0.337 e. The van der Waals surface area contributed by atoms with Crippen LogP contribution >= 0.6 is 11.3 Å². The number of likely N-dealkylation sites (tertiary alicyclic amines) is 1. The first kappa shape index (κ1) is 17.4. The van der Waals surface area contributed by atoms with E-state index in [1.54, 1.807) is 6.07 Å². The van der Waals surface area contributed by atoms with Gasteiger partial charge in [-0.2, -0.15) is 0 Å². The van der Waals surface area contributed by atoms with E-state index in [0.717, 1.165) is 33.3 Å². The fourth-order valence-electron chi connectivity index (χ4n) is 4.50. The van der Waals surface area contributed by atoms with Gasteiger partial charge in [-0.05, 0) is 25.3 Å². The van der Waals surface area contributed by atoms with Crippen LogP contribution in [0.1, 0.15) is 33.4 Å². The third-order valence-electron chi connectivity index (χ3n) is 5.78. The van der Waals surface area contributed by atoms with Crippen LogP contribution in [0.4, 0.5) is 0 Å². The van der Waals surface area contributed by atoms with Gasteiger partial charge in [-0.15, -0.1) is 11.3 Å². The van der Waals surface area contributed by atoms with E-state index in [2.05, 4.69) is 4.98 Å². The van der Waals surface area contributed by atoms with Crippen LogP contribution in [0.15, 0.2) is 53.3 Å². The lowest BCUT2D eigenvalue weighted by Crippen LogP contribution is -2.49. The number of aromatic nitrogens is 2. The molecule has 4 heterocycles. The first-order chi connectivity index (χ1) is 13.6. The Bertz CT molecular complexity index is 1100. The van der Waals surface area contributed by atoms with Gasteiger partial charge >= 0.3 is 0 Å². The van der Waals surface area contributed by atoms with Crippen molar-refractivity contribution < 1.29 is 4.79 Å². The summed E-state index contributed by atoms with van der Waals surface area (Å²) in [6.45, 7) is 3.98. The second kappa shape index (κ2) is 6.71. The quantitative estimate of drug-likeness (QED) is 0.671. The number of pyridine rings is 1. The predicted octanol–water partition coefficient (Wildman–Crippen LogP) is 3.54. The zero-order chi connectivity index (χ0) is 19.3. The molecule has 28 heavy (non-hydrogen) atoms. The Kier molecular flexibility index (Phi) is 4.16. The first-order valence-corrected chi connectivity index (χ1v) is 10.4. The van der Waals surface area contributed by atoms with Crippen LogP contribution in [0, 0.1) is 12.8 Å². The van der Waals surface area contributed by atoms with Crippen LogP contribution in [-0.2, 0) is 6.54 Å². The van der Waals surface area contributed by atoms with Crippen LogP contribution < -0.4 is 5.56 Å². The van der Waals surface area contributed by atoms with Crippen molar-refractivity contribution in [1.29, 1.82) is 0 Å². The van der Waals surface area contributed by atoms with E-state index < -0.39 is 0 Å². The maximum Gasteiger partial charge on any atom is 0.265 e. The Morgan fingerprint density at radius 1 is 1.07 bits per heavy atom. The molecule has 0 N–H and O–H groups in total. The van der Waals surface area contributed by atoms with Crippen molar-refractivity contribution in [3.05, 3.63) is 75.1 Å². The molecule has 2 aromatic heterocycles. The van der Waals surface area contributed by atoms with Crippen molar-refractivity contribution in [3.63, 3.8) is 0 Å². The number of carbonyl (C=O) groups excluding carboxylic acids is 1. The van der Waals surface area contributed by atoms with Gasteiger partial charge in [-0.1, -0.05) is 36.4 Å². The molecule has 2 aliphatic rings. The van der Waals surface area contributed by atoms with Gasteiger partial charge in [0.15, 0.2) is 0 Å².